The molecular weight excluding hydrogens is 1540 g/mol. The van der Waals surface area contributed by atoms with Gasteiger partial charge in [-0.3, -0.25) is 33.6 Å². The minimum Gasteiger partial charge on any atom is -0.508 e. The molecule has 13 rings (SSSR count). The summed E-state index contributed by atoms with van der Waals surface area (Å²) in [5.74, 6) is 1.90. The van der Waals surface area contributed by atoms with Gasteiger partial charge in [-0.2, -0.15) is 0 Å². The molecule has 8 aromatic carbocycles. The number of rotatable bonds is 31. The molecule has 634 valence electrons. The first-order valence-corrected chi connectivity index (χ1v) is 39.8. The molecule has 3 amide bonds. The van der Waals surface area contributed by atoms with Crippen LogP contribution in [0.4, 0.5) is 17.1 Å². The molecule has 0 atom stereocenters. The number of hydrogen-bond acceptors (Lipinski definition) is 18. The van der Waals surface area contributed by atoms with Crippen LogP contribution in [0.3, 0.4) is 0 Å². The predicted molar refractivity (Wildman–Crippen MR) is 471 cm³/mol. The van der Waals surface area contributed by atoms with Crippen LogP contribution in [0, 0.1) is 21.7 Å². The van der Waals surface area contributed by atoms with Crippen molar-refractivity contribution < 1.29 is 82.0 Å². The van der Waals surface area contributed by atoms with E-state index in [2.05, 4.69) is 45.9 Å². The van der Waals surface area contributed by atoms with Gasteiger partial charge in [-0.25, -0.2) is 4.98 Å². The van der Waals surface area contributed by atoms with E-state index in [4.69, 9.17) is 38.3 Å². The summed E-state index contributed by atoms with van der Waals surface area (Å²) in [5, 5.41) is 38.3. The zero-order chi connectivity index (χ0) is 87.2. The largest absolute Gasteiger partial charge is 0.508 e. The maximum atomic E-state index is 12.8. The van der Waals surface area contributed by atoms with Gasteiger partial charge >= 0.3 is 0 Å². The number of nitrogens with one attached hydrogen (secondary N) is 8. The van der Waals surface area contributed by atoms with Crippen molar-refractivity contribution in [3.05, 3.63) is 240 Å². The lowest BCUT2D eigenvalue weighted by molar-refractivity contribution is 0.000164. The number of aliphatic hydroxyl groups excluding tert-OH is 1. The van der Waals surface area contributed by atoms with E-state index in [1.54, 1.807) is 122 Å². The van der Waals surface area contributed by atoms with Crippen LogP contribution in [0.15, 0.2) is 200 Å². The number of fused-ring (bicyclic) bond motifs is 4. The number of ether oxygens (including phenoxy) is 7. The molecule has 0 spiro atoms. The number of benzene rings is 8. The number of phenolic OH excluding ortho intramolecular Hbond substituents is 2. The van der Waals surface area contributed by atoms with E-state index in [0.29, 0.717) is 134 Å². The van der Waals surface area contributed by atoms with Crippen LogP contribution in [0.2, 0.25) is 0 Å². The smallest absolute Gasteiger partial charge is 0.272 e. The molecule has 0 saturated heterocycles. The highest BCUT2D eigenvalue weighted by Gasteiger charge is 2.28. The van der Waals surface area contributed by atoms with Gasteiger partial charge < -0.3 is 89.3 Å². The van der Waals surface area contributed by atoms with Crippen molar-refractivity contribution in [2.75, 3.05) is 102 Å². The molecule has 5 heterocycles. The molecule has 26 heteroatoms. The monoisotopic (exact) mass is 1650 g/mol. The summed E-state index contributed by atoms with van der Waals surface area (Å²) in [4.78, 5) is 108. The van der Waals surface area contributed by atoms with Crippen molar-refractivity contribution in [2.24, 2.45) is 21.7 Å². The maximum absolute atomic E-state index is 12.8. The van der Waals surface area contributed by atoms with E-state index in [1.807, 2.05) is 156 Å². The Hall–Kier alpha value is -12.8. The number of hydrogen-bond donors (Lipinski definition) is 11. The SMILES string of the molecule is CC(C)(C)C(=O)c1ccc2[nH]c(C(=O)Nc3ccc(O)cc3)cc2c1.CC(C)(C)C(=O)c1ccc2[nH]c(C(=O)Nc3ccc(OCCOCCO)cc3)cc2c1.CC(C)(C)C(=O)c1ccc2nc(-c3cc(-c4ccc(O)cc4)c[nH]3)[nH]c2c1.COCCOCCOCCOCCOc1ccc(NC(=O)c2cc3cc(C(=O)C(C)(C)C)ccc3[nH]2)cc1. The highest BCUT2D eigenvalue weighted by atomic mass is 16.6. The van der Waals surface area contributed by atoms with E-state index >= 15 is 0 Å². The molecule has 0 aliphatic heterocycles. The fourth-order valence-corrected chi connectivity index (χ4v) is 12.2. The zero-order valence-corrected chi connectivity index (χ0v) is 70.5. The van der Waals surface area contributed by atoms with E-state index in [0.717, 1.165) is 66.4 Å². The Labute approximate surface area is 702 Å². The predicted octanol–water partition coefficient (Wildman–Crippen LogP) is 18.3. The standard InChI is InChI=1S/C29H38N2O7.C24H28N2O5.C22H21N3O2.C20H20N2O3/c1-29(2,3)27(32)21-5-10-25-22(19-21)20-26(31-25)28(33)30-23-6-8-24(9-7-23)38-18-17-37-16-15-36-14-13-35-12-11-34-4;1-24(2,3)22(28)16-4-9-20-17(14-16)15-21(26-20)23(29)25-18-5-7-19(8-6-18)31-13-12-30-11-10-27;1-22(2,3)20(27)14-6-9-17-18(10-14)25-21(24-17)19-11-15(12-23-19)13-4-7-16(26)8-5-13;1-20(2,3)18(24)12-4-9-16-13(10-12)11-17(22-16)19(25)21-14-5-7-15(23)8-6-14/h5-10,19-20,31H,11-18H2,1-4H3,(H,30,33);4-9,14-15,26-27H,10-13H2,1-3H3,(H,25,29);4-12,23,26H,1-3H3,(H,24,25);4-11,22-23H,1-3H3,(H,21,25). The minimum absolute atomic E-state index is 0.0129. The molecule has 0 aliphatic rings. The number of phenols is 2. The molecule has 5 aromatic heterocycles. The van der Waals surface area contributed by atoms with Crippen molar-refractivity contribution in [1.82, 2.24) is 29.9 Å². The van der Waals surface area contributed by atoms with E-state index < -0.39 is 21.7 Å². The summed E-state index contributed by atoms with van der Waals surface area (Å²) in [6.07, 6.45) is 1.91. The molecule has 26 nitrogen and oxygen atoms in total. The molecule has 121 heavy (non-hydrogen) atoms. The number of nitrogens with zero attached hydrogens (tertiary/aromatic N) is 1. The number of H-pyrrole nitrogens is 5. The Balaban J connectivity index is 0.000000171. The molecule has 11 N–H and O–H groups in total. The van der Waals surface area contributed by atoms with Gasteiger partial charge in [0.25, 0.3) is 17.7 Å². The van der Waals surface area contributed by atoms with Crippen LogP contribution < -0.4 is 25.4 Å². The van der Waals surface area contributed by atoms with Gasteiger partial charge in [0, 0.05) is 107 Å². The van der Waals surface area contributed by atoms with E-state index in [1.165, 1.54) is 12.1 Å². The normalized spacial score (nSPS) is 11.6. The van der Waals surface area contributed by atoms with Crippen LogP contribution in [0.5, 0.6) is 23.0 Å². The summed E-state index contributed by atoms with van der Waals surface area (Å²) in [7, 11) is 1.64. The number of carbonyl (C=O) groups excluding carboxylic acids is 7. The molecular formula is C95H107N9O17. The van der Waals surface area contributed by atoms with Gasteiger partial charge in [0.1, 0.15) is 53.3 Å². The van der Waals surface area contributed by atoms with Crippen molar-refractivity contribution in [3.63, 3.8) is 0 Å². The Morgan fingerprint density at radius 3 is 1.07 bits per heavy atom. The number of aliphatic hydroxyl groups is 1. The van der Waals surface area contributed by atoms with Gasteiger partial charge in [-0.05, 0) is 193 Å². The first kappa shape index (κ1) is 90.5. The second kappa shape index (κ2) is 41.2. The number of aromatic amines is 5. The van der Waals surface area contributed by atoms with Crippen molar-refractivity contribution in [2.45, 2.75) is 83.1 Å². The highest BCUT2D eigenvalue weighted by molar-refractivity contribution is 6.11. The summed E-state index contributed by atoms with van der Waals surface area (Å²) in [6.45, 7) is 27.8. The van der Waals surface area contributed by atoms with Crippen LogP contribution in [-0.2, 0) is 23.7 Å². The average Bonchev–Trinajstić information content (AvgIpc) is 1.68. The molecule has 0 bridgehead atoms. The molecule has 0 aliphatic carbocycles. The molecule has 0 fully saturated rings. The fraction of sp³-hybridized carbons (Fsp3) is 0.305. The highest BCUT2D eigenvalue weighted by Crippen LogP contribution is 2.33. The van der Waals surface area contributed by atoms with Crippen LogP contribution in [-0.4, -0.2) is 172 Å². The second-order valence-electron chi connectivity index (χ2n) is 32.8. The summed E-state index contributed by atoms with van der Waals surface area (Å²) in [5.41, 5.74) is 10.8. The lowest BCUT2D eigenvalue weighted by atomic mass is 9.86. The number of Topliss-reactive ketones (excluding diaryl/α,β-unsaturated/α-hetero) is 4. The third-order valence-corrected chi connectivity index (χ3v) is 18.7. The van der Waals surface area contributed by atoms with E-state index in [9.17, 15) is 43.8 Å². The number of aromatic hydroxyl groups is 2. The lowest BCUT2D eigenvalue weighted by Crippen LogP contribution is -2.19. The van der Waals surface area contributed by atoms with Gasteiger partial charge in [0.15, 0.2) is 29.0 Å². The lowest BCUT2D eigenvalue weighted by Gasteiger charge is -2.16. The van der Waals surface area contributed by atoms with Gasteiger partial charge in [-0.1, -0.05) is 95.2 Å². The van der Waals surface area contributed by atoms with Gasteiger partial charge in [-0.15, -0.1) is 0 Å². The zero-order valence-electron chi connectivity index (χ0n) is 70.5. The van der Waals surface area contributed by atoms with E-state index in [-0.39, 0.29) is 65.6 Å². The first-order chi connectivity index (χ1) is 57.6. The quantitative estimate of drug-likeness (QED) is 0.0109. The Bertz CT molecular complexity index is 5690. The number of amides is 3. The Kier molecular flexibility index (Phi) is 30.8. The third-order valence-electron chi connectivity index (χ3n) is 18.7. The van der Waals surface area contributed by atoms with Crippen molar-refractivity contribution >= 4 is 102 Å². The number of anilines is 3. The summed E-state index contributed by atoms with van der Waals surface area (Å²) in [6, 6.07) is 56.5. The second-order valence-corrected chi connectivity index (χ2v) is 32.8. The number of imidazole rings is 1. The van der Waals surface area contributed by atoms with Gasteiger partial charge in [0.05, 0.1) is 82.8 Å². The van der Waals surface area contributed by atoms with Crippen LogP contribution in [0.1, 0.15) is 156 Å². The van der Waals surface area contributed by atoms with Crippen molar-refractivity contribution in [3.8, 4) is 45.6 Å². The number of aromatic nitrogens is 6. The van der Waals surface area contributed by atoms with Gasteiger partial charge in [0.2, 0.25) is 0 Å². The minimum atomic E-state index is -0.470. The molecule has 13 aromatic rings. The Morgan fingerprint density at radius 2 is 0.694 bits per heavy atom. The topological polar surface area (TPSA) is 373 Å². The fourth-order valence-electron chi connectivity index (χ4n) is 12.2. The molecule has 0 unspecified atom stereocenters. The summed E-state index contributed by atoms with van der Waals surface area (Å²) >= 11 is 0. The Morgan fingerprint density at radius 1 is 0.355 bits per heavy atom. The number of methoxy groups -OCH3 is 1. The van der Waals surface area contributed by atoms with Crippen LogP contribution in [0.25, 0.3) is 66.4 Å². The third kappa shape index (κ3) is 26.1. The van der Waals surface area contributed by atoms with Crippen molar-refractivity contribution in [1.29, 1.82) is 0 Å². The van der Waals surface area contributed by atoms with Crippen LogP contribution >= 0.6 is 0 Å². The molecule has 0 saturated carbocycles. The summed E-state index contributed by atoms with van der Waals surface area (Å²) < 4.78 is 37.5. The number of carbonyl (C=O) groups is 7. The number of ketones is 4. The average molecular weight is 1650 g/mol. The first-order valence-electron chi connectivity index (χ1n) is 39.8. The molecule has 0 radical (unpaired) electrons. The maximum Gasteiger partial charge on any atom is 0.272 e.